The highest BCUT2D eigenvalue weighted by molar-refractivity contribution is 7.27. The Morgan fingerprint density at radius 3 is 1.31 bits per heavy atom. The van der Waals surface area contributed by atoms with Crippen molar-refractivity contribution in [1.82, 2.24) is 18.3 Å². The summed E-state index contributed by atoms with van der Waals surface area (Å²) in [7, 11) is 0. The zero-order chi connectivity index (χ0) is 60.6. The first-order valence-corrected chi connectivity index (χ1v) is 32.4. The molecule has 0 unspecified atom stereocenters. The summed E-state index contributed by atoms with van der Waals surface area (Å²) in [5.74, 6) is 0. The van der Waals surface area contributed by atoms with Crippen LogP contribution in [-0.2, 0) is 10.8 Å². The van der Waals surface area contributed by atoms with Gasteiger partial charge in [0.2, 0.25) is 0 Å². The molecule has 18 aromatic rings. The van der Waals surface area contributed by atoms with Crippen molar-refractivity contribution in [3.8, 4) is 46.0 Å². The fourth-order valence-corrected chi connectivity index (χ4v) is 17.6. The van der Waals surface area contributed by atoms with Crippen molar-refractivity contribution in [3.63, 3.8) is 0 Å². The van der Waals surface area contributed by atoms with Gasteiger partial charge in [0, 0.05) is 74.0 Å². The second-order valence-corrected chi connectivity index (χ2v) is 28.3. The zero-order valence-corrected chi connectivity index (χ0v) is 52.1. The van der Waals surface area contributed by atoms with Crippen molar-refractivity contribution < 1.29 is 0 Å². The SMILES string of the molecule is CC(C)(C)c1ccc2c(c1)c1cc(C(C)(C)C)c3c4ccccc4sc3c1n2-c1c(C#N)c(-n2c3ccccc3c3ccccc32)c(-n2c3ccc(-c4ccccc4)cc3c3ccc4c5ccccc5sc4c32)c(-n2c3ccccc3c3ccccc32)c1C#N. The first-order chi connectivity index (χ1) is 43.9. The molecule has 0 saturated heterocycles. The summed E-state index contributed by atoms with van der Waals surface area (Å²) in [6.07, 6.45) is 0. The second-order valence-electron chi connectivity index (χ2n) is 26.2. The molecule has 0 aliphatic heterocycles. The van der Waals surface area contributed by atoms with E-state index in [1.165, 1.54) is 36.7 Å². The molecule has 426 valence electrons. The van der Waals surface area contributed by atoms with Gasteiger partial charge in [0.25, 0.3) is 0 Å². The molecular weight excluding hydrogens is 1130 g/mol. The zero-order valence-electron chi connectivity index (χ0n) is 50.4. The molecule has 18 rings (SSSR count). The first-order valence-electron chi connectivity index (χ1n) is 30.8. The standard InChI is InChI=1S/C82H56N6S2/c1-81(2,3)49-37-41-69-59(43-49)60-44-63(82(4,5)6)72-57-29-15-21-35-71(57)90-80(72)77(60)87(69)73-61(45-83)74(85-64-30-16-10-24-50(64)51-25-11-17-31-65(51)85)78(75(62(73)46-84)86-66-32-18-12-26-52(66)53-27-13-19-33-67(53)86)88-68-40-36-48(47-22-8-7-9-23-47)42-58(68)55-38-39-56-54-28-14-20-34-70(54)89-79(56)76(55)88/h7-44H,1-6H3. The molecular formula is C82H56N6S2. The maximum absolute atomic E-state index is 13.2. The normalized spacial score (nSPS) is 12.5. The van der Waals surface area contributed by atoms with Gasteiger partial charge in [-0.2, -0.15) is 10.5 Å². The van der Waals surface area contributed by atoms with Gasteiger partial charge in [0.05, 0.1) is 76.3 Å². The van der Waals surface area contributed by atoms with E-state index in [0.717, 1.165) is 119 Å². The van der Waals surface area contributed by atoms with E-state index in [1.54, 1.807) is 22.7 Å². The van der Waals surface area contributed by atoms with Crippen LogP contribution in [0, 0.1) is 22.7 Å². The topological polar surface area (TPSA) is 67.3 Å². The third-order valence-electron chi connectivity index (χ3n) is 19.1. The number of fused-ring (bicyclic) bond motifs is 20. The number of aromatic nitrogens is 4. The molecule has 0 amide bonds. The predicted octanol–water partition coefficient (Wildman–Crippen LogP) is 22.8. The smallest absolute Gasteiger partial charge is 0.104 e. The fourth-order valence-electron chi connectivity index (χ4n) is 15.1. The van der Waals surface area contributed by atoms with Crippen molar-refractivity contribution >= 4 is 150 Å². The van der Waals surface area contributed by atoms with Gasteiger partial charge >= 0.3 is 0 Å². The lowest BCUT2D eigenvalue weighted by molar-refractivity contribution is 0.591. The number of nitrogens with zero attached hydrogens (tertiary/aromatic N) is 6. The lowest BCUT2D eigenvalue weighted by Crippen LogP contribution is -2.17. The van der Waals surface area contributed by atoms with Gasteiger partial charge in [0.1, 0.15) is 23.3 Å². The fraction of sp³-hybridized carbons (Fsp3) is 0.0976. The summed E-state index contributed by atoms with van der Waals surface area (Å²) >= 11 is 3.60. The van der Waals surface area contributed by atoms with Gasteiger partial charge in [-0.25, -0.2) is 0 Å². The largest absolute Gasteiger partial charge is 0.306 e. The maximum atomic E-state index is 13.2. The van der Waals surface area contributed by atoms with Crippen LogP contribution in [0.5, 0.6) is 0 Å². The van der Waals surface area contributed by atoms with E-state index in [1.807, 2.05) is 0 Å². The Kier molecular flexibility index (Phi) is 11.0. The molecule has 6 nitrogen and oxygen atoms in total. The first kappa shape index (κ1) is 52.4. The van der Waals surface area contributed by atoms with Crippen molar-refractivity contribution in [2.45, 2.75) is 52.4 Å². The van der Waals surface area contributed by atoms with Crippen molar-refractivity contribution in [2.75, 3.05) is 0 Å². The van der Waals surface area contributed by atoms with E-state index < -0.39 is 0 Å². The quantitative estimate of drug-likeness (QED) is 0.172. The molecule has 8 heteroatoms. The van der Waals surface area contributed by atoms with Gasteiger partial charge in [0.15, 0.2) is 0 Å². The van der Waals surface area contributed by atoms with E-state index in [9.17, 15) is 10.5 Å². The predicted molar refractivity (Wildman–Crippen MR) is 382 cm³/mol. The van der Waals surface area contributed by atoms with Crippen LogP contribution in [0.15, 0.2) is 231 Å². The lowest BCUT2D eigenvalue weighted by atomic mass is 9.82. The van der Waals surface area contributed by atoms with Crippen molar-refractivity contribution in [3.05, 3.63) is 253 Å². The molecule has 6 aromatic heterocycles. The molecule has 0 spiro atoms. The molecule has 90 heavy (non-hydrogen) atoms. The highest BCUT2D eigenvalue weighted by atomic mass is 32.1. The summed E-state index contributed by atoms with van der Waals surface area (Å²) in [6, 6.07) is 89.5. The van der Waals surface area contributed by atoms with Crippen LogP contribution in [-0.4, -0.2) is 18.3 Å². The van der Waals surface area contributed by atoms with Crippen molar-refractivity contribution in [1.29, 1.82) is 10.5 Å². The Labute approximate surface area is 526 Å². The van der Waals surface area contributed by atoms with Gasteiger partial charge in [-0.3, -0.25) is 0 Å². The number of nitriles is 2. The van der Waals surface area contributed by atoms with Crippen LogP contribution in [0.25, 0.3) is 161 Å². The maximum Gasteiger partial charge on any atom is 0.104 e. The highest BCUT2D eigenvalue weighted by Gasteiger charge is 2.37. The molecule has 0 N–H and O–H groups in total. The monoisotopic (exact) mass is 1190 g/mol. The number of hydrogen-bond donors (Lipinski definition) is 0. The number of benzene rings is 12. The Balaban J connectivity index is 1.17. The third kappa shape index (κ3) is 7.17. The van der Waals surface area contributed by atoms with Gasteiger partial charge in [-0.05, 0) is 99.8 Å². The molecule has 0 fully saturated rings. The Hall–Kier alpha value is -10.7. The Bertz CT molecular complexity index is 6000. The van der Waals surface area contributed by atoms with Crippen LogP contribution in [0.4, 0.5) is 0 Å². The minimum absolute atomic E-state index is 0.189. The summed E-state index contributed by atoms with van der Waals surface area (Å²) in [4.78, 5) is 0. The van der Waals surface area contributed by atoms with Gasteiger partial charge in [-0.1, -0.05) is 205 Å². The summed E-state index contributed by atoms with van der Waals surface area (Å²) in [5, 5.41) is 39.6. The number of para-hydroxylation sites is 4. The Morgan fingerprint density at radius 2 is 0.756 bits per heavy atom. The molecule has 0 aliphatic carbocycles. The van der Waals surface area contributed by atoms with E-state index in [2.05, 4.69) is 302 Å². The highest BCUT2D eigenvalue weighted by Crippen LogP contribution is 2.54. The van der Waals surface area contributed by atoms with E-state index in [4.69, 9.17) is 0 Å². The number of thiophene rings is 2. The van der Waals surface area contributed by atoms with E-state index in [0.29, 0.717) is 28.2 Å². The number of rotatable bonds is 5. The van der Waals surface area contributed by atoms with Gasteiger partial charge < -0.3 is 18.3 Å². The minimum atomic E-state index is -0.249. The van der Waals surface area contributed by atoms with E-state index in [-0.39, 0.29) is 10.8 Å². The molecule has 0 atom stereocenters. The summed E-state index contributed by atoms with van der Waals surface area (Å²) in [5.41, 5.74) is 15.2. The molecule has 0 radical (unpaired) electrons. The second kappa shape index (κ2) is 18.9. The van der Waals surface area contributed by atoms with Crippen LogP contribution < -0.4 is 0 Å². The number of hydrogen-bond acceptors (Lipinski definition) is 4. The van der Waals surface area contributed by atoms with Gasteiger partial charge in [-0.15, -0.1) is 22.7 Å². The van der Waals surface area contributed by atoms with Crippen LogP contribution in [0.1, 0.15) is 63.8 Å². The van der Waals surface area contributed by atoms with Crippen LogP contribution in [0.3, 0.4) is 0 Å². The van der Waals surface area contributed by atoms with E-state index >= 15 is 0 Å². The molecule has 0 bridgehead atoms. The third-order valence-corrected chi connectivity index (χ3v) is 21.5. The lowest BCUT2D eigenvalue weighted by Gasteiger charge is -2.27. The summed E-state index contributed by atoms with van der Waals surface area (Å²) in [6.45, 7) is 13.8. The molecule has 0 aliphatic rings. The Morgan fingerprint density at radius 1 is 0.311 bits per heavy atom. The van der Waals surface area contributed by atoms with Crippen LogP contribution >= 0.6 is 22.7 Å². The molecule has 0 saturated carbocycles. The average Bonchev–Trinajstić information content (AvgIpc) is 1.48. The van der Waals surface area contributed by atoms with Crippen LogP contribution in [0.2, 0.25) is 0 Å². The molecule has 12 aromatic carbocycles. The average molecular weight is 1190 g/mol. The molecule has 6 heterocycles. The van der Waals surface area contributed by atoms with Crippen molar-refractivity contribution in [2.24, 2.45) is 0 Å². The summed E-state index contributed by atoms with van der Waals surface area (Å²) < 4.78 is 14.1. The minimum Gasteiger partial charge on any atom is -0.306 e.